The first-order chi connectivity index (χ1) is 5.62. The third-order valence-electron chi connectivity index (χ3n) is 2.30. The highest BCUT2D eigenvalue weighted by Gasteiger charge is 2.27. The average Bonchev–Trinajstić information content (AvgIpc) is 2.51. The van der Waals surface area contributed by atoms with Crippen molar-refractivity contribution in [3.05, 3.63) is 11.6 Å². The van der Waals surface area contributed by atoms with E-state index in [4.69, 9.17) is 5.73 Å². The van der Waals surface area contributed by atoms with Gasteiger partial charge in [-0.3, -0.25) is 5.10 Å². The van der Waals surface area contributed by atoms with Crippen LogP contribution in [0.2, 0.25) is 0 Å². The van der Waals surface area contributed by atoms with Gasteiger partial charge in [0.05, 0.1) is 5.54 Å². The zero-order valence-electron chi connectivity index (χ0n) is 7.89. The molecule has 0 spiro atoms. The Hall–Kier alpha value is -0.900. The summed E-state index contributed by atoms with van der Waals surface area (Å²) in [5.41, 5.74) is 5.73. The quantitative estimate of drug-likeness (QED) is 0.709. The molecule has 3 N–H and O–H groups in total. The van der Waals surface area contributed by atoms with Gasteiger partial charge in [-0.25, -0.2) is 4.98 Å². The van der Waals surface area contributed by atoms with E-state index in [1.54, 1.807) is 0 Å². The largest absolute Gasteiger partial charge is 0.319 e. The Bertz CT molecular complexity index is 249. The number of aromatic nitrogens is 3. The molecule has 0 atom stereocenters. The van der Waals surface area contributed by atoms with Crippen LogP contribution in [-0.2, 0) is 5.54 Å². The van der Waals surface area contributed by atoms with Gasteiger partial charge in [-0.05, 0) is 19.8 Å². The van der Waals surface area contributed by atoms with Gasteiger partial charge in [-0.15, -0.1) is 0 Å². The van der Waals surface area contributed by atoms with Crippen molar-refractivity contribution in [3.8, 4) is 0 Å². The fourth-order valence-electron chi connectivity index (χ4n) is 1.13. The van der Waals surface area contributed by atoms with Crippen molar-refractivity contribution in [3.63, 3.8) is 0 Å². The number of nitrogens with two attached hydrogens (primary N) is 1. The summed E-state index contributed by atoms with van der Waals surface area (Å²) in [6, 6.07) is 0. The fraction of sp³-hybridized carbons (Fsp3) is 0.750. The smallest absolute Gasteiger partial charge is 0.170 e. The van der Waals surface area contributed by atoms with Crippen molar-refractivity contribution >= 4 is 0 Å². The molecule has 68 valence electrons. The Morgan fingerprint density at radius 1 is 1.42 bits per heavy atom. The van der Waals surface area contributed by atoms with Crippen LogP contribution in [0, 0.1) is 6.92 Å². The molecule has 1 aromatic rings. The number of nitrogens with one attached hydrogen (secondary N) is 1. The van der Waals surface area contributed by atoms with E-state index in [9.17, 15) is 0 Å². The lowest BCUT2D eigenvalue weighted by Gasteiger charge is -2.22. The molecule has 0 amide bonds. The molecule has 0 fully saturated rings. The molecule has 0 saturated heterocycles. The van der Waals surface area contributed by atoms with E-state index in [2.05, 4.69) is 29.0 Å². The van der Waals surface area contributed by atoms with Crippen molar-refractivity contribution in [2.24, 2.45) is 5.73 Å². The molecule has 12 heavy (non-hydrogen) atoms. The van der Waals surface area contributed by atoms with Crippen molar-refractivity contribution in [1.29, 1.82) is 0 Å². The number of aryl methyl sites for hydroxylation is 1. The summed E-state index contributed by atoms with van der Waals surface area (Å²) < 4.78 is 0. The summed E-state index contributed by atoms with van der Waals surface area (Å²) in [5.74, 6) is 1.55. The molecule has 4 heteroatoms. The van der Waals surface area contributed by atoms with Gasteiger partial charge in [0.1, 0.15) is 5.82 Å². The minimum absolute atomic E-state index is 0.356. The van der Waals surface area contributed by atoms with Gasteiger partial charge >= 0.3 is 0 Å². The Morgan fingerprint density at radius 3 is 2.33 bits per heavy atom. The van der Waals surface area contributed by atoms with Gasteiger partial charge in [-0.2, -0.15) is 5.10 Å². The lowest BCUT2D eigenvalue weighted by molar-refractivity contribution is 0.388. The highest BCUT2D eigenvalue weighted by atomic mass is 15.2. The first-order valence-corrected chi connectivity index (χ1v) is 4.30. The summed E-state index contributed by atoms with van der Waals surface area (Å²) in [6.45, 7) is 5.98. The Morgan fingerprint density at radius 2 is 2.00 bits per heavy atom. The summed E-state index contributed by atoms with van der Waals surface area (Å²) in [5, 5.41) is 6.87. The fourth-order valence-corrected chi connectivity index (χ4v) is 1.13. The third-order valence-corrected chi connectivity index (χ3v) is 2.30. The van der Waals surface area contributed by atoms with Gasteiger partial charge in [0.15, 0.2) is 5.82 Å². The van der Waals surface area contributed by atoms with Gasteiger partial charge in [0.2, 0.25) is 0 Å². The maximum Gasteiger partial charge on any atom is 0.170 e. The second kappa shape index (κ2) is 3.23. The molecule has 0 bridgehead atoms. The maximum absolute atomic E-state index is 6.09. The predicted molar refractivity (Wildman–Crippen MR) is 47.6 cm³/mol. The van der Waals surface area contributed by atoms with Crippen LogP contribution >= 0.6 is 0 Å². The molecular formula is C8H16N4. The molecule has 0 radical (unpaired) electrons. The van der Waals surface area contributed by atoms with E-state index in [0.717, 1.165) is 24.5 Å². The zero-order chi connectivity index (χ0) is 9.19. The zero-order valence-corrected chi connectivity index (χ0v) is 7.89. The van der Waals surface area contributed by atoms with Crippen LogP contribution in [0.4, 0.5) is 0 Å². The van der Waals surface area contributed by atoms with E-state index >= 15 is 0 Å². The number of rotatable bonds is 3. The summed E-state index contributed by atoms with van der Waals surface area (Å²) in [4.78, 5) is 4.23. The minimum atomic E-state index is -0.356. The molecule has 0 aliphatic rings. The SMILES string of the molecule is CCC(N)(CC)c1n[nH]c(C)n1. The second-order valence-electron chi connectivity index (χ2n) is 3.11. The van der Waals surface area contributed by atoms with Crippen molar-refractivity contribution in [2.45, 2.75) is 39.2 Å². The highest BCUT2D eigenvalue weighted by Crippen LogP contribution is 2.21. The number of H-pyrrole nitrogens is 1. The number of aromatic amines is 1. The highest BCUT2D eigenvalue weighted by molar-refractivity contribution is 5.03. The molecule has 0 aliphatic carbocycles. The Labute approximate surface area is 72.6 Å². The minimum Gasteiger partial charge on any atom is -0.319 e. The van der Waals surface area contributed by atoms with Crippen LogP contribution in [0.5, 0.6) is 0 Å². The van der Waals surface area contributed by atoms with E-state index in [-0.39, 0.29) is 5.54 Å². The van der Waals surface area contributed by atoms with Crippen LogP contribution < -0.4 is 5.73 Å². The molecular weight excluding hydrogens is 152 g/mol. The number of hydrogen-bond acceptors (Lipinski definition) is 3. The predicted octanol–water partition coefficient (Wildman–Crippen LogP) is 1.09. The average molecular weight is 168 g/mol. The first kappa shape index (κ1) is 9.19. The van der Waals surface area contributed by atoms with Crippen LogP contribution in [-0.4, -0.2) is 15.2 Å². The molecule has 0 unspecified atom stereocenters. The van der Waals surface area contributed by atoms with Crippen molar-refractivity contribution in [2.75, 3.05) is 0 Å². The van der Waals surface area contributed by atoms with E-state index in [1.165, 1.54) is 0 Å². The van der Waals surface area contributed by atoms with Gasteiger partial charge in [0.25, 0.3) is 0 Å². The van der Waals surface area contributed by atoms with Crippen LogP contribution in [0.25, 0.3) is 0 Å². The molecule has 1 aromatic heterocycles. The second-order valence-corrected chi connectivity index (χ2v) is 3.11. The Kier molecular flexibility index (Phi) is 2.47. The van der Waals surface area contributed by atoms with Gasteiger partial charge in [0, 0.05) is 0 Å². The van der Waals surface area contributed by atoms with E-state index in [1.807, 2.05) is 6.92 Å². The molecule has 0 saturated carbocycles. The Balaban J connectivity index is 2.94. The number of hydrogen-bond donors (Lipinski definition) is 2. The summed E-state index contributed by atoms with van der Waals surface area (Å²) in [7, 11) is 0. The lowest BCUT2D eigenvalue weighted by atomic mass is 9.94. The third kappa shape index (κ3) is 1.48. The normalized spacial score (nSPS) is 12.0. The topological polar surface area (TPSA) is 67.6 Å². The first-order valence-electron chi connectivity index (χ1n) is 4.30. The van der Waals surface area contributed by atoms with E-state index in [0.29, 0.717) is 0 Å². The molecule has 0 aliphatic heterocycles. The van der Waals surface area contributed by atoms with Crippen LogP contribution in [0.3, 0.4) is 0 Å². The number of nitrogens with zero attached hydrogens (tertiary/aromatic N) is 2. The summed E-state index contributed by atoms with van der Waals surface area (Å²) in [6.07, 6.45) is 1.72. The van der Waals surface area contributed by atoms with Gasteiger partial charge in [-0.1, -0.05) is 13.8 Å². The summed E-state index contributed by atoms with van der Waals surface area (Å²) >= 11 is 0. The maximum atomic E-state index is 6.09. The van der Waals surface area contributed by atoms with E-state index < -0.39 is 0 Å². The van der Waals surface area contributed by atoms with Gasteiger partial charge < -0.3 is 5.73 Å². The van der Waals surface area contributed by atoms with Crippen molar-refractivity contribution in [1.82, 2.24) is 15.2 Å². The van der Waals surface area contributed by atoms with Crippen molar-refractivity contribution < 1.29 is 0 Å². The molecule has 1 heterocycles. The molecule has 1 rings (SSSR count). The van der Waals surface area contributed by atoms with Crippen LogP contribution in [0.15, 0.2) is 0 Å². The monoisotopic (exact) mass is 168 g/mol. The standard InChI is InChI=1S/C8H16N4/c1-4-8(9,5-2)7-10-6(3)11-12-7/h4-5,9H2,1-3H3,(H,10,11,12). The molecule has 0 aromatic carbocycles. The molecule has 4 nitrogen and oxygen atoms in total. The van der Waals surface area contributed by atoms with Crippen LogP contribution in [0.1, 0.15) is 38.3 Å². The lowest BCUT2D eigenvalue weighted by Crippen LogP contribution is -2.36.